The highest BCUT2D eigenvalue weighted by Crippen LogP contribution is 1.76. The minimum atomic E-state index is -4.05. The molecule has 0 aliphatic heterocycles. The average Bonchev–Trinajstić information content (AvgIpc) is 1.68. The highest BCUT2D eigenvalue weighted by Gasteiger charge is 2.01. The van der Waals surface area contributed by atoms with Crippen LogP contribution < -0.4 is 0 Å². The third-order valence-corrected chi connectivity index (χ3v) is 0.721. The Morgan fingerprint density at radius 3 is 1.43 bits per heavy atom. The number of hydrogen-bond donors (Lipinski definition) is 0. The van der Waals surface area contributed by atoms with E-state index in [9.17, 15) is 8.42 Å². The Hall–Kier alpha value is -1.07. The first-order valence-corrected chi connectivity index (χ1v) is 2.67. The summed E-state index contributed by atoms with van der Waals surface area (Å²) in [5, 5.41) is 16.7. The number of rotatable bonds is 0. The molecule has 0 aliphatic rings. The Kier molecular flexibility index (Phi) is 1.34. The first-order chi connectivity index (χ1) is 3.12. The van der Waals surface area contributed by atoms with E-state index in [4.69, 9.17) is 10.5 Å². The molecule has 0 atom stereocenters. The van der Waals surface area contributed by atoms with Gasteiger partial charge in [-0.1, -0.05) is 0 Å². The molecule has 0 fully saturated rings. The van der Waals surface area contributed by atoms with Crippen molar-refractivity contribution in [2.24, 2.45) is 0 Å². The smallest absolute Gasteiger partial charge is 0.197 e. The predicted molar refractivity (Wildman–Crippen MR) is 20.1 cm³/mol. The number of nitrogens with zero attached hydrogens (tertiary/aromatic N) is 2. The Morgan fingerprint density at radius 2 is 1.43 bits per heavy atom. The highest BCUT2D eigenvalue weighted by molar-refractivity contribution is 8.00. The zero-order valence-corrected chi connectivity index (χ0v) is 3.94. The van der Waals surface area contributed by atoms with Crippen LogP contribution in [0.4, 0.5) is 0 Å². The standard InChI is InChI=1S/C2N2O2S/c3-1-7(5,6)2-4. The van der Waals surface area contributed by atoms with Crippen LogP contribution >= 0.6 is 0 Å². The van der Waals surface area contributed by atoms with Gasteiger partial charge in [0.25, 0.3) is 0 Å². The molecule has 0 N–H and O–H groups in total. The van der Waals surface area contributed by atoms with Gasteiger partial charge in [-0.25, -0.2) is 0 Å². The molecule has 0 saturated carbocycles. The zero-order valence-electron chi connectivity index (χ0n) is 3.12. The summed E-state index contributed by atoms with van der Waals surface area (Å²) in [5.41, 5.74) is 0. The van der Waals surface area contributed by atoms with Crippen LogP contribution in [0.1, 0.15) is 0 Å². The molecule has 0 unspecified atom stereocenters. The first kappa shape index (κ1) is 5.93. The van der Waals surface area contributed by atoms with Gasteiger partial charge in [0.15, 0.2) is 0 Å². The molecule has 0 saturated heterocycles. The van der Waals surface area contributed by atoms with Crippen molar-refractivity contribution in [2.75, 3.05) is 0 Å². The molecule has 0 aliphatic carbocycles. The van der Waals surface area contributed by atoms with Crippen LogP contribution in [0, 0.1) is 21.3 Å². The van der Waals surface area contributed by atoms with Gasteiger partial charge in [-0.15, -0.1) is 0 Å². The van der Waals surface area contributed by atoms with Crippen molar-refractivity contribution in [3.8, 4) is 10.8 Å². The second-order valence-electron chi connectivity index (χ2n) is 0.686. The lowest BCUT2D eigenvalue weighted by atomic mass is 11.8. The fourth-order valence-corrected chi connectivity index (χ4v) is 0.0612. The number of sulfone groups is 1. The molecule has 0 aromatic heterocycles. The molecule has 4 nitrogen and oxygen atoms in total. The number of hydrogen-bond acceptors (Lipinski definition) is 4. The van der Waals surface area contributed by atoms with Gasteiger partial charge in [0.2, 0.25) is 10.8 Å². The van der Waals surface area contributed by atoms with Gasteiger partial charge in [0, 0.05) is 0 Å². The summed E-state index contributed by atoms with van der Waals surface area (Å²) in [6.07, 6.45) is 0. The Morgan fingerprint density at radius 1 is 1.14 bits per heavy atom. The molecule has 0 aromatic rings. The quantitative estimate of drug-likeness (QED) is 0.311. The average molecular weight is 116 g/mol. The third kappa shape index (κ3) is 1.74. The Labute approximate surface area is 40.5 Å². The van der Waals surface area contributed by atoms with Crippen molar-refractivity contribution in [3.63, 3.8) is 0 Å². The summed E-state index contributed by atoms with van der Waals surface area (Å²) < 4.78 is 19.3. The highest BCUT2D eigenvalue weighted by atomic mass is 32.2. The van der Waals surface area contributed by atoms with Crippen LogP contribution in [0.15, 0.2) is 0 Å². The lowest BCUT2D eigenvalue weighted by Gasteiger charge is -1.62. The van der Waals surface area contributed by atoms with E-state index in [1.165, 1.54) is 0 Å². The van der Waals surface area contributed by atoms with Gasteiger partial charge in [0.05, 0.1) is 0 Å². The van der Waals surface area contributed by atoms with E-state index in [-0.39, 0.29) is 0 Å². The second-order valence-corrected chi connectivity index (χ2v) is 2.06. The first-order valence-electron chi connectivity index (χ1n) is 1.19. The largest absolute Gasteiger partial charge is 0.333 e. The van der Waals surface area contributed by atoms with Gasteiger partial charge in [-0.2, -0.15) is 18.9 Å². The van der Waals surface area contributed by atoms with E-state index < -0.39 is 9.84 Å². The lowest BCUT2D eigenvalue weighted by Crippen LogP contribution is -1.85. The van der Waals surface area contributed by atoms with Crippen LogP contribution in [0.25, 0.3) is 0 Å². The monoisotopic (exact) mass is 116 g/mol. The number of thiocyanates is 2. The fourth-order valence-electron chi connectivity index (χ4n) is 0.0204. The molecule has 5 heteroatoms. The van der Waals surface area contributed by atoms with E-state index in [2.05, 4.69) is 0 Å². The van der Waals surface area contributed by atoms with Crippen LogP contribution in [-0.2, 0) is 9.84 Å². The zero-order chi connectivity index (χ0) is 5.91. The lowest BCUT2D eigenvalue weighted by molar-refractivity contribution is 0.614. The molecule has 0 heterocycles. The topological polar surface area (TPSA) is 81.7 Å². The minimum Gasteiger partial charge on any atom is -0.197 e. The Balaban J connectivity index is 4.74. The van der Waals surface area contributed by atoms with Crippen LogP contribution in [0.3, 0.4) is 0 Å². The summed E-state index contributed by atoms with van der Waals surface area (Å²) in [4.78, 5) is 0. The van der Waals surface area contributed by atoms with Crippen molar-refractivity contribution in [1.82, 2.24) is 0 Å². The van der Waals surface area contributed by atoms with E-state index in [1.807, 2.05) is 0 Å². The fraction of sp³-hybridized carbons (Fsp3) is 0. The molecule has 0 bridgehead atoms. The van der Waals surface area contributed by atoms with Crippen molar-refractivity contribution < 1.29 is 8.42 Å². The van der Waals surface area contributed by atoms with E-state index in [0.717, 1.165) is 10.8 Å². The maximum Gasteiger partial charge on any atom is 0.333 e. The van der Waals surface area contributed by atoms with Gasteiger partial charge < -0.3 is 0 Å². The molecule has 0 spiro atoms. The molecule has 0 amide bonds. The van der Waals surface area contributed by atoms with E-state index >= 15 is 0 Å². The minimum absolute atomic E-state index is 0.802. The van der Waals surface area contributed by atoms with E-state index in [0.29, 0.717) is 0 Å². The summed E-state index contributed by atoms with van der Waals surface area (Å²) >= 11 is 0. The molecule has 0 aromatic carbocycles. The van der Waals surface area contributed by atoms with E-state index in [1.54, 1.807) is 0 Å². The molecule has 0 rings (SSSR count). The van der Waals surface area contributed by atoms with Crippen LogP contribution in [-0.4, -0.2) is 8.42 Å². The second kappa shape index (κ2) is 1.59. The Bertz CT molecular complexity index is 205. The van der Waals surface area contributed by atoms with Crippen molar-refractivity contribution in [2.45, 2.75) is 0 Å². The van der Waals surface area contributed by atoms with Crippen molar-refractivity contribution >= 4 is 9.84 Å². The van der Waals surface area contributed by atoms with Gasteiger partial charge in [0.1, 0.15) is 0 Å². The molecule has 36 valence electrons. The molecule has 0 radical (unpaired) electrons. The normalized spacial score (nSPS) is 8.86. The molecular formula is C2N2O2S. The van der Waals surface area contributed by atoms with Crippen molar-refractivity contribution in [3.05, 3.63) is 0 Å². The molecular weight excluding hydrogens is 116 g/mol. The van der Waals surface area contributed by atoms with Gasteiger partial charge in [-0.3, -0.25) is 0 Å². The molecule has 7 heavy (non-hydrogen) atoms. The van der Waals surface area contributed by atoms with Gasteiger partial charge >= 0.3 is 9.84 Å². The summed E-state index contributed by atoms with van der Waals surface area (Å²) in [6.45, 7) is 0. The summed E-state index contributed by atoms with van der Waals surface area (Å²) in [7, 11) is -4.05. The van der Waals surface area contributed by atoms with Crippen molar-refractivity contribution in [1.29, 1.82) is 10.5 Å². The SMILES string of the molecule is N#CS(=O)(=O)C#N. The summed E-state index contributed by atoms with van der Waals surface area (Å²) in [5.74, 6) is 0. The predicted octanol–water partition coefficient (Wildman–Crippen LogP) is -0.637. The van der Waals surface area contributed by atoms with Crippen LogP contribution in [0.5, 0.6) is 0 Å². The summed E-state index contributed by atoms with van der Waals surface area (Å²) in [6, 6.07) is 0. The maximum absolute atomic E-state index is 9.65. The number of nitriles is 2. The van der Waals surface area contributed by atoms with Crippen LogP contribution in [0.2, 0.25) is 0 Å². The third-order valence-electron chi connectivity index (χ3n) is 0.240. The van der Waals surface area contributed by atoms with Gasteiger partial charge in [-0.05, 0) is 0 Å². The maximum atomic E-state index is 9.65.